The standard InChI is InChI=1S/C18H23NO2/c1-12(2)19(13(3)4)18(20)15-10-6-8-14-9-7-11-16(21-5)17(14)15/h6-13H,1-5H3. The van der Waals surface area contributed by atoms with Crippen molar-refractivity contribution in [1.82, 2.24) is 4.90 Å². The molecule has 0 aromatic heterocycles. The monoisotopic (exact) mass is 285 g/mol. The van der Waals surface area contributed by atoms with Gasteiger partial charge in [0.25, 0.3) is 5.91 Å². The Morgan fingerprint density at radius 1 is 1.00 bits per heavy atom. The second-order valence-corrected chi connectivity index (χ2v) is 5.76. The van der Waals surface area contributed by atoms with Gasteiger partial charge in [-0.3, -0.25) is 4.79 Å². The highest BCUT2D eigenvalue weighted by atomic mass is 16.5. The molecule has 3 nitrogen and oxygen atoms in total. The lowest BCUT2D eigenvalue weighted by molar-refractivity contribution is 0.0645. The van der Waals surface area contributed by atoms with Gasteiger partial charge in [-0.05, 0) is 45.2 Å². The van der Waals surface area contributed by atoms with E-state index in [4.69, 9.17) is 4.74 Å². The SMILES string of the molecule is COc1cccc2cccc(C(=O)N(C(C)C)C(C)C)c12. The maximum atomic E-state index is 13.0. The van der Waals surface area contributed by atoms with Gasteiger partial charge in [0.1, 0.15) is 5.75 Å². The summed E-state index contributed by atoms with van der Waals surface area (Å²) in [4.78, 5) is 14.9. The van der Waals surface area contributed by atoms with Crippen LogP contribution in [0, 0.1) is 0 Å². The van der Waals surface area contributed by atoms with Crippen LogP contribution in [-0.2, 0) is 0 Å². The molecule has 0 heterocycles. The van der Waals surface area contributed by atoms with Crippen LogP contribution in [0.15, 0.2) is 36.4 Å². The largest absolute Gasteiger partial charge is 0.496 e. The highest BCUT2D eigenvalue weighted by molar-refractivity contribution is 6.09. The van der Waals surface area contributed by atoms with Crippen LogP contribution in [0.4, 0.5) is 0 Å². The minimum absolute atomic E-state index is 0.0510. The second-order valence-electron chi connectivity index (χ2n) is 5.76. The highest BCUT2D eigenvalue weighted by Gasteiger charge is 2.24. The van der Waals surface area contributed by atoms with Gasteiger partial charge in [-0.15, -0.1) is 0 Å². The van der Waals surface area contributed by atoms with Gasteiger partial charge in [0.2, 0.25) is 0 Å². The number of carbonyl (C=O) groups excluding carboxylic acids is 1. The van der Waals surface area contributed by atoms with Gasteiger partial charge in [0.15, 0.2) is 0 Å². The first-order chi connectivity index (χ1) is 9.97. The lowest BCUT2D eigenvalue weighted by Crippen LogP contribution is -2.42. The van der Waals surface area contributed by atoms with Gasteiger partial charge in [0, 0.05) is 17.5 Å². The van der Waals surface area contributed by atoms with E-state index in [0.29, 0.717) is 5.56 Å². The second kappa shape index (κ2) is 6.17. The van der Waals surface area contributed by atoms with E-state index >= 15 is 0 Å². The topological polar surface area (TPSA) is 29.5 Å². The summed E-state index contributed by atoms with van der Waals surface area (Å²) in [5, 5.41) is 1.91. The van der Waals surface area contributed by atoms with Gasteiger partial charge in [0.05, 0.1) is 12.7 Å². The van der Waals surface area contributed by atoms with Gasteiger partial charge < -0.3 is 9.64 Å². The molecule has 0 fully saturated rings. The van der Waals surface area contributed by atoms with Crippen molar-refractivity contribution in [3.63, 3.8) is 0 Å². The molecular weight excluding hydrogens is 262 g/mol. The molecule has 112 valence electrons. The summed E-state index contributed by atoms with van der Waals surface area (Å²) < 4.78 is 5.45. The van der Waals surface area contributed by atoms with Crippen molar-refractivity contribution in [2.45, 2.75) is 39.8 Å². The Kier molecular flexibility index (Phi) is 4.51. The molecule has 0 spiro atoms. The smallest absolute Gasteiger partial charge is 0.255 e. The van der Waals surface area contributed by atoms with Crippen LogP contribution in [-0.4, -0.2) is 30.0 Å². The third-order valence-electron chi connectivity index (χ3n) is 3.66. The van der Waals surface area contributed by atoms with Gasteiger partial charge in [-0.25, -0.2) is 0 Å². The maximum Gasteiger partial charge on any atom is 0.255 e. The molecule has 0 saturated carbocycles. The number of methoxy groups -OCH3 is 1. The van der Waals surface area contributed by atoms with Crippen LogP contribution >= 0.6 is 0 Å². The molecule has 2 rings (SSSR count). The van der Waals surface area contributed by atoms with Crippen molar-refractivity contribution >= 4 is 16.7 Å². The van der Waals surface area contributed by atoms with Crippen molar-refractivity contribution < 1.29 is 9.53 Å². The number of rotatable bonds is 4. The number of ether oxygens (including phenoxy) is 1. The molecule has 0 unspecified atom stereocenters. The van der Waals surface area contributed by atoms with E-state index in [-0.39, 0.29) is 18.0 Å². The first-order valence-electron chi connectivity index (χ1n) is 7.35. The van der Waals surface area contributed by atoms with E-state index in [1.54, 1.807) is 7.11 Å². The van der Waals surface area contributed by atoms with E-state index in [1.165, 1.54) is 0 Å². The summed E-state index contributed by atoms with van der Waals surface area (Å²) in [6, 6.07) is 12.0. The Morgan fingerprint density at radius 2 is 1.57 bits per heavy atom. The zero-order valence-electron chi connectivity index (χ0n) is 13.4. The fourth-order valence-electron chi connectivity index (χ4n) is 2.86. The number of benzene rings is 2. The van der Waals surface area contributed by atoms with Crippen molar-refractivity contribution in [2.24, 2.45) is 0 Å². The predicted molar refractivity (Wildman–Crippen MR) is 86.9 cm³/mol. The molecule has 0 radical (unpaired) electrons. The van der Waals surface area contributed by atoms with Crippen LogP contribution in [0.25, 0.3) is 10.8 Å². The summed E-state index contributed by atoms with van der Waals surface area (Å²) >= 11 is 0. The number of amides is 1. The normalized spacial score (nSPS) is 11.2. The number of nitrogens with zero attached hydrogens (tertiary/aromatic N) is 1. The summed E-state index contributed by atoms with van der Waals surface area (Å²) in [6.45, 7) is 8.17. The molecule has 2 aromatic rings. The summed E-state index contributed by atoms with van der Waals surface area (Å²) in [7, 11) is 1.64. The lowest BCUT2D eigenvalue weighted by Gasteiger charge is -2.31. The minimum Gasteiger partial charge on any atom is -0.496 e. The Bertz CT molecular complexity index is 633. The van der Waals surface area contributed by atoms with Gasteiger partial charge >= 0.3 is 0 Å². The van der Waals surface area contributed by atoms with Crippen molar-refractivity contribution in [3.05, 3.63) is 42.0 Å². The van der Waals surface area contributed by atoms with Crippen molar-refractivity contribution in [2.75, 3.05) is 7.11 Å². The maximum absolute atomic E-state index is 13.0. The first-order valence-corrected chi connectivity index (χ1v) is 7.35. The van der Waals surface area contributed by atoms with Gasteiger partial charge in [-0.2, -0.15) is 0 Å². The number of fused-ring (bicyclic) bond motifs is 1. The Morgan fingerprint density at radius 3 is 2.10 bits per heavy atom. The molecular formula is C18H23NO2. The molecule has 3 heteroatoms. The van der Waals surface area contributed by atoms with E-state index in [9.17, 15) is 4.79 Å². The molecule has 21 heavy (non-hydrogen) atoms. The third-order valence-corrected chi connectivity index (χ3v) is 3.66. The predicted octanol–water partition coefficient (Wildman–Crippen LogP) is 4.11. The quantitative estimate of drug-likeness (QED) is 0.846. The van der Waals surface area contributed by atoms with Crippen LogP contribution in [0.2, 0.25) is 0 Å². The zero-order chi connectivity index (χ0) is 15.6. The number of carbonyl (C=O) groups is 1. The van der Waals surface area contributed by atoms with Crippen molar-refractivity contribution in [3.8, 4) is 5.75 Å². The van der Waals surface area contributed by atoms with Crippen molar-refractivity contribution in [1.29, 1.82) is 0 Å². The van der Waals surface area contributed by atoms with E-state index in [0.717, 1.165) is 16.5 Å². The molecule has 0 saturated heterocycles. The fourth-order valence-corrected chi connectivity index (χ4v) is 2.86. The van der Waals surface area contributed by atoms with Crippen LogP contribution in [0.1, 0.15) is 38.1 Å². The number of hydrogen-bond acceptors (Lipinski definition) is 2. The average Bonchev–Trinajstić information content (AvgIpc) is 2.45. The summed E-state index contributed by atoms with van der Waals surface area (Å²) in [5.74, 6) is 0.791. The average molecular weight is 285 g/mol. The van der Waals surface area contributed by atoms with E-state index in [2.05, 4.69) is 0 Å². The Balaban J connectivity index is 2.63. The van der Waals surface area contributed by atoms with Crippen LogP contribution in [0.5, 0.6) is 5.75 Å². The minimum atomic E-state index is 0.0510. The molecule has 0 bridgehead atoms. The van der Waals surface area contributed by atoms with Crippen LogP contribution < -0.4 is 4.74 Å². The molecule has 1 amide bonds. The highest BCUT2D eigenvalue weighted by Crippen LogP contribution is 2.30. The lowest BCUT2D eigenvalue weighted by atomic mass is 10.0. The third kappa shape index (κ3) is 2.87. The number of hydrogen-bond donors (Lipinski definition) is 0. The molecule has 0 atom stereocenters. The Labute approximate surface area is 126 Å². The summed E-state index contributed by atoms with van der Waals surface area (Å²) in [5.41, 5.74) is 0.701. The molecule has 2 aromatic carbocycles. The molecule has 0 aliphatic rings. The van der Waals surface area contributed by atoms with E-state index < -0.39 is 0 Å². The molecule has 0 aliphatic carbocycles. The van der Waals surface area contributed by atoms with E-state index in [1.807, 2.05) is 69.0 Å². The molecule has 0 aliphatic heterocycles. The van der Waals surface area contributed by atoms with Gasteiger partial charge in [-0.1, -0.05) is 24.3 Å². The fraction of sp³-hybridized carbons (Fsp3) is 0.389. The Hall–Kier alpha value is -2.03. The van der Waals surface area contributed by atoms with Crippen LogP contribution in [0.3, 0.4) is 0 Å². The molecule has 0 N–H and O–H groups in total. The summed E-state index contributed by atoms with van der Waals surface area (Å²) in [6.07, 6.45) is 0. The zero-order valence-corrected chi connectivity index (χ0v) is 13.4. The first kappa shape index (κ1) is 15.4.